The van der Waals surface area contributed by atoms with E-state index in [4.69, 9.17) is 21.7 Å². The van der Waals surface area contributed by atoms with Gasteiger partial charge in [0.25, 0.3) is 5.91 Å². The van der Waals surface area contributed by atoms with Crippen LogP contribution in [-0.4, -0.2) is 19.6 Å². The third-order valence-corrected chi connectivity index (χ3v) is 8.62. The summed E-state index contributed by atoms with van der Waals surface area (Å²) in [6.07, 6.45) is 3.45. The average Bonchev–Trinajstić information content (AvgIpc) is 3.15. The Balaban J connectivity index is 1.79. The topological polar surface area (TPSA) is 38.8 Å². The summed E-state index contributed by atoms with van der Waals surface area (Å²) in [7, 11) is 4.87. The van der Waals surface area contributed by atoms with E-state index in [0.29, 0.717) is 6.61 Å². The Morgan fingerprint density at radius 2 is 1.84 bits per heavy atom. The molecule has 0 N–H and O–H groups in total. The Morgan fingerprint density at radius 1 is 1.13 bits per heavy atom. The van der Waals surface area contributed by atoms with Crippen molar-refractivity contribution >= 4 is 50.6 Å². The molecule has 4 nitrogen and oxygen atoms in total. The normalized spacial score (nSPS) is 14.3. The summed E-state index contributed by atoms with van der Waals surface area (Å²) >= 11 is 5.64. The van der Waals surface area contributed by atoms with E-state index in [1.807, 2.05) is 60.4 Å². The van der Waals surface area contributed by atoms with E-state index >= 15 is 0 Å². The monoisotopic (exact) mass is 469 g/mol. The highest BCUT2D eigenvalue weighted by Gasteiger charge is 2.42. The zero-order valence-electron chi connectivity index (χ0n) is 17.8. The summed E-state index contributed by atoms with van der Waals surface area (Å²) in [4.78, 5) is 16.5. The molecule has 0 saturated heterocycles. The molecule has 0 aliphatic carbocycles. The van der Waals surface area contributed by atoms with Gasteiger partial charge in [-0.1, -0.05) is 45.0 Å². The van der Waals surface area contributed by atoms with Gasteiger partial charge in [0.1, 0.15) is 15.3 Å². The van der Waals surface area contributed by atoms with Gasteiger partial charge in [0.15, 0.2) is 0 Å². The van der Waals surface area contributed by atoms with Crippen LogP contribution in [0, 0.1) is 3.82 Å². The first-order chi connectivity index (χ1) is 14.9. The largest absolute Gasteiger partial charge is 0.497 e. The van der Waals surface area contributed by atoms with Gasteiger partial charge in [-0.25, -0.2) is 0 Å². The molecule has 0 fully saturated rings. The van der Waals surface area contributed by atoms with Gasteiger partial charge in [-0.2, -0.15) is 0 Å². The second kappa shape index (κ2) is 8.57. The molecule has 2 heterocycles. The molecular formula is C24H23NO3S3. The van der Waals surface area contributed by atoms with Crippen LogP contribution in [0.5, 0.6) is 11.5 Å². The number of anilines is 1. The Labute approximate surface area is 194 Å². The predicted octanol–water partition coefficient (Wildman–Crippen LogP) is 6.91. The van der Waals surface area contributed by atoms with Gasteiger partial charge in [-0.05, 0) is 56.7 Å². The second-order valence-electron chi connectivity index (χ2n) is 7.61. The van der Waals surface area contributed by atoms with Gasteiger partial charge in [0.05, 0.1) is 29.8 Å². The van der Waals surface area contributed by atoms with Crippen LogP contribution in [0.1, 0.15) is 31.2 Å². The van der Waals surface area contributed by atoms with E-state index in [2.05, 4.69) is 13.8 Å². The molecule has 0 unspecified atom stereocenters. The van der Waals surface area contributed by atoms with Gasteiger partial charge in [-0.15, -0.1) is 0 Å². The standard InChI is InChI=1S/C24H23NO3S3/c1-5-28-17-11-12-18-19(14-17)25(24(2,3)22-21(18)23(29)31-30-22)20(26)13-8-15-6-9-16(27-4)10-7-15/h6-14H,5H2,1-4H3. The molecule has 4 rings (SSSR count). The number of nitrogens with zero attached hydrogens (tertiary/aromatic N) is 1. The quantitative estimate of drug-likeness (QED) is 0.231. The zero-order chi connectivity index (χ0) is 22.2. The van der Waals surface area contributed by atoms with E-state index in [9.17, 15) is 4.79 Å². The first-order valence-corrected chi connectivity index (χ1v) is 12.5. The lowest BCUT2D eigenvalue weighted by atomic mass is 9.87. The second-order valence-corrected chi connectivity index (χ2v) is 10.4. The van der Waals surface area contributed by atoms with Crippen molar-refractivity contribution in [2.24, 2.45) is 0 Å². The molecule has 0 atom stereocenters. The van der Waals surface area contributed by atoms with Crippen LogP contribution in [0.4, 0.5) is 5.69 Å². The van der Waals surface area contributed by atoms with Gasteiger partial charge in [0.2, 0.25) is 0 Å². The summed E-state index contributed by atoms with van der Waals surface area (Å²) in [5.74, 6) is 1.43. The van der Waals surface area contributed by atoms with Gasteiger partial charge in [0, 0.05) is 23.3 Å². The lowest BCUT2D eigenvalue weighted by molar-refractivity contribution is -0.115. The Kier molecular flexibility index (Phi) is 6.01. The fraction of sp³-hybridized carbons (Fsp3) is 0.250. The van der Waals surface area contributed by atoms with Crippen molar-refractivity contribution in [2.75, 3.05) is 18.6 Å². The number of carbonyl (C=O) groups excluding carboxylic acids is 1. The van der Waals surface area contributed by atoms with Crippen molar-refractivity contribution in [3.63, 3.8) is 0 Å². The zero-order valence-corrected chi connectivity index (χ0v) is 20.2. The third-order valence-electron chi connectivity index (χ3n) is 5.29. The Bertz CT molecular complexity index is 1210. The van der Waals surface area contributed by atoms with Crippen molar-refractivity contribution in [2.45, 2.75) is 26.3 Å². The highest BCUT2D eigenvalue weighted by Crippen LogP contribution is 2.52. The highest BCUT2D eigenvalue weighted by atomic mass is 32.9. The fourth-order valence-electron chi connectivity index (χ4n) is 3.81. The molecule has 31 heavy (non-hydrogen) atoms. The molecule has 1 amide bonds. The lowest BCUT2D eigenvalue weighted by Gasteiger charge is -2.42. The SMILES string of the molecule is CCOc1ccc2c(c1)N(C(=O)C=Cc1ccc(OC)cc1)C(C)(C)c1ssc(=S)c1-2. The molecule has 2 aromatic carbocycles. The highest BCUT2D eigenvalue weighted by molar-refractivity contribution is 7.80. The first kappa shape index (κ1) is 21.7. The molecule has 3 aromatic rings. The van der Waals surface area contributed by atoms with E-state index < -0.39 is 5.54 Å². The molecule has 0 spiro atoms. The molecule has 1 aromatic heterocycles. The van der Waals surface area contributed by atoms with Crippen molar-refractivity contribution in [1.82, 2.24) is 0 Å². The maximum Gasteiger partial charge on any atom is 0.251 e. The van der Waals surface area contributed by atoms with Crippen LogP contribution in [-0.2, 0) is 10.3 Å². The van der Waals surface area contributed by atoms with Crippen molar-refractivity contribution in [3.8, 4) is 22.6 Å². The molecular weight excluding hydrogens is 446 g/mol. The number of carbonyl (C=O) groups is 1. The van der Waals surface area contributed by atoms with Crippen LogP contribution in [0.15, 0.2) is 48.5 Å². The van der Waals surface area contributed by atoms with E-state index in [1.165, 1.54) is 0 Å². The van der Waals surface area contributed by atoms with Crippen molar-refractivity contribution in [3.05, 3.63) is 62.8 Å². The molecule has 160 valence electrons. The predicted molar refractivity (Wildman–Crippen MR) is 132 cm³/mol. The van der Waals surface area contributed by atoms with Gasteiger partial charge in [-0.3, -0.25) is 9.69 Å². The fourth-order valence-corrected chi connectivity index (χ4v) is 7.10. The number of ether oxygens (including phenoxy) is 2. The van der Waals surface area contributed by atoms with Gasteiger partial charge >= 0.3 is 0 Å². The smallest absolute Gasteiger partial charge is 0.251 e. The lowest BCUT2D eigenvalue weighted by Crippen LogP contribution is -2.47. The minimum Gasteiger partial charge on any atom is -0.497 e. The van der Waals surface area contributed by atoms with Gasteiger partial charge < -0.3 is 9.47 Å². The number of hydrogen-bond donors (Lipinski definition) is 0. The van der Waals surface area contributed by atoms with Crippen molar-refractivity contribution in [1.29, 1.82) is 0 Å². The number of benzene rings is 2. The number of rotatable bonds is 5. The molecule has 7 heteroatoms. The maximum absolute atomic E-state index is 13.5. The Hall–Kier alpha value is -2.48. The molecule has 1 aliphatic rings. The van der Waals surface area contributed by atoms with Crippen molar-refractivity contribution < 1.29 is 14.3 Å². The Morgan fingerprint density at radius 3 is 2.52 bits per heavy atom. The molecule has 0 bridgehead atoms. The summed E-state index contributed by atoms with van der Waals surface area (Å²) in [6.45, 7) is 6.65. The van der Waals surface area contributed by atoms with E-state index in [0.717, 1.165) is 42.6 Å². The summed E-state index contributed by atoms with van der Waals surface area (Å²) in [5.41, 5.74) is 3.26. The number of fused-ring (bicyclic) bond motifs is 3. The first-order valence-electron chi connectivity index (χ1n) is 9.94. The van der Waals surface area contributed by atoms with Crippen LogP contribution in [0.2, 0.25) is 0 Å². The molecule has 1 aliphatic heterocycles. The summed E-state index contributed by atoms with van der Waals surface area (Å²) in [6, 6.07) is 13.5. The minimum atomic E-state index is -0.535. The number of hydrogen-bond acceptors (Lipinski definition) is 6. The van der Waals surface area contributed by atoms with E-state index in [-0.39, 0.29) is 5.91 Å². The molecule has 0 radical (unpaired) electrons. The maximum atomic E-state index is 13.5. The third kappa shape index (κ3) is 3.93. The molecule has 0 saturated carbocycles. The minimum absolute atomic E-state index is 0.0920. The number of methoxy groups -OCH3 is 1. The number of amides is 1. The van der Waals surface area contributed by atoms with Crippen LogP contribution in [0.25, 0.3) is 17.2 Å². The van der Waals surface area contributed by atoms with E-state index in [1.54, 1.807) is 33.9 Å². The summed E-state index contributed by atoms with van der Waals surface area (Å²) in [5, 5.41) is 0. The van der Waals surface area contributed by atoms with Crippen LogP contribution < -0.4 is 14.4 Å². The van der Waals surface area contributed by atoms with Crippen LogP contribution in [0.3, 0.4) is 0 Å². The summed E-state index contributed by atoms with van der Waals surface area (Å²) < 4.78 is 11.8. The average molecular weight is 470 g/mol. The van der Waals surface area contributed by atoms with Crippen LogP contribution >= 0.6 is 32.9 Å².